The molecule has 5 rings (SSSR count). The highest BCUT2D eigenvalue weighted by atomic mass is 32.2. The van der Waals surface area contributed by atoms with Crippen molar-refractivity contribution in [3.63, 3.8) is 0 Å². The van der Waals surface area contributed by atoms with Crippen LogP contribution in [0.4, 0.5) is 5.95 Å². The lowest BCUT2D eigenvalue weighted by molar-refractivity contribution is 0.211. The van der Waals surface area contributed by atoms with Crippen molar-refractivity contribution in [3.05, 3.63) is 84.3 Å². The molecule has 3 N–H and O–H groups in total. The van der Waals surface area contributed by atoms with Gasteiger partial charge in [-0.1, -0.05) is 60.7 Å². The van der Waals surface area contributed by atoms with Crippen molar-refractivity contribution in [2.75, 3.05) is 43.6 Å². The van der Waals surface area contributed by atoms with Crippen molar-refractivity contribution in [1.82, 2.24) is 24.8 Å². The molecular formula is C24H30N6O6S2. The molecule has 0 unspecified atom stereocenters. The molecule has 204 valence electrons. The van der Waals surface area contributed by atoms with Gasteiger partial charge in [0.05, 0.1) is 31.1 Å². The first-order valence-corrected chi connectivity index (χ1v) is 15.2. The topological polar surface area (TPSA) is 170 Å². The summed E-state index contributed by atoms with van der Waals surface area (Å²) in [4.78, 5) is 21.2. The number of hydrogen-bond acceptors (Lipinski definition) is 9. The summed E-state index contributed by atoms with van der Waals surface area (Å²) in [5.74, 6) is 0.759. The van der Waals surface area contributed by atoms with E-state index in [1.54, 1.807) is 6.33 Å². The fourth-order valence-electron chi connectivity index (χ4n) is 3.94. The first-order chi connectivity index (χ1) is 17.9. The quantitative estimate of drug-likeness (QED) is 0.312. The molecule has 1 aliphatic heterocycles. The third-order valence-electron chi connectivity index (χ3n) is 5.36. The number of nitrogens with one attached hydrogen (secondary N) is 1. The van der Waals surface area contributed by atoms with E-state index < -0.39 is 20.2 Å². The van der Waals surface area contributed by atoms with Crippen LogP contribution in [-0.4, -0.2) is 89.5 Å². The molecule has 0 amide bonds. The number of aromatic amines is 1. The molecule has 4 aromatic rings. The second-order valence-electron chi connectivity index (χ2n) is 8.52. The molecule has 0 aliphatic carbocycles. The molecule has 38 heavy (non-hydrogen) atoms. The number of aromatic nitrogens is 4. The van der Waals surface area contributed by atoms with E-state index in [-0.39, 0.29) is 6.04 Å². The van der Waals surface area contributed by atoms with E-state index in [1.807, 2.05) is 6.20 Å². The van der Waals surface area contributed by atoms with E-state index in [0.29, 0.717) is 12.5 Å². The molecule has 0 spiro atoms. The van der Waals surface area contributed by atoms with Crippen LogP contribution in [0.25, 0.3) is 11.2 Å². The molecule has 3 heterocycles. The summed E-state index contributed by atoms with van der Waals surface area (Å²) in [6.45, 7) is 3.70. The van der Waals surface area contributed by atoms with Gasteiger partial charge in [0.2, 0.25) is 5.95 Å². The minimum absolute atomic E-state index is 0.263. The van der Waals surface area contributed by atoms with Crippen LogP contribution in [0.3, 0.4) is 0 Å². The average molecular weight is 563 g/mol. The van der Waals surface area contributed by atoms with E-state index in [9.17, 15) is 16.8 Å². The van der Waals surface area contributed by atoms with Gasteiger partial charge in [-0.3, -0.25) is 14.0 Å². The highest BCUT2D eigenvalue weighted by molar-refractivity contribution is 7.85. The molecule has 0 bridgehead atoms. The van der Waals surface area contributed by atoms with E-state index in [0.717, 1.165) is 43.3 Å². The van der Waals surface area contributed by atoms with Crippen molar-refractivity contribution in [3.8, 4) is 0 Å². The van der Waals surface area contributed by atoms with Crippen LogP contribution in [0.5, 0.6) is 0 Å². The van der Waals surface area contributed by atoms with Crippen molar-refractivity contribution in [2.24, 2.45) is 0 Å². The van der Waals surface area contributed by atoms with Crippen molar-refractivity contribution >= 4 is 37.3 Å². The third kappa shape index (κ3) is 9.79. The normalized spacial score (nSPS) is 14.4. The van der Waals surface area contributed by atoms with Gasteiger partial charge in [0, 0.05) is 26.2 Å². The van der Waals surface area contributed by atoms with Crippen LogP contribution in [0.15, 0.2) is 73.2 Å². The zero-order chi connectivity index (χ0) is 27.8. The van der Waals surface area contributed by atoms with Crippen molar-refractivity contribution in [2.45, 2.75) is 6.04 Å². The number of anilines is 1. The number of hydrogen-bond donors (Lipinski definition) is 3. The SMILES string of the molecule is CS(=O)(=O)O.CS(=O)(=O)O.c1ccc(C(c2ccccc2)N2CCN(c3ncc4[nH]cnc4n3)CC2)cc1. The fourth-order valence-corrected chi connectivity index (χ4v) is 3.94. The summed E-state index contributed by atoms with van der Waals surface area (Å²) in [6.07, 6.45) is 4.90. The molecule has 2 aromatic heterocycles. The summed E-state index contributed by atoms with van der Waals surface area (Å²) in [7, 11) is -7.33. The largest absolute Gasteiger partial charge is 0.342 e. The Balaban J connectivity index is 0.000000344. The second-order valence-corrected chi connectivity index (χ2v) is 11.5. The maximum atomic E-state index is 9.19. The highest BCUT2D eigenvalue weighted by Gasteiger charge is 2.27. The lowest BCUT2D eigenvalue weighted by Crippen LogP contribution is -2.48. The number of rotatable bonds is 4. The van der Waals surface area contributed by atoms with E-state index in [2.05, 4.69) is 90.4 Å². The Kier molecular flexibility index (Phi) is 9.88. The Morgan fingerprint density at radius 1 is 0.789 bits per heavy atom. The summed E-state index contributed by atoms with van der Waals surface area (Å²) in [5, 5.41) is 0. The van der Waals surface area contributed by atoms with E-state index in [4.69, 9.17) is 9.11 Å². The smallest absolute Gasteiger partial charge is 0.261 e. The van der Waals surface area contributed by atoms with Crippen LogP contribution < -0.4 is 4.90 Å². The molecule has 0 atom stereocenters. The Labute approximate surface area is 221 Å². The first-order valence-electron chi connectivity index (χ1n) is 11.5. The van der Waals surface area contributed by atoms with E-state index >= 15 is 0 Å². The fraction of sp³-hybridized carbons (Fsp3) is 0.292. The molecule has 0 saturated carbocycles. The molecular weight excluding hydrogens is 532 g/mol. The molecule has 2 aromatic carbocycles. The molecule has 12 nitrogen and oxygen atoms in total. The first kappa shape index (κ1) is 29.1. The maximum absolute atomic E-state index is 9.19. The van der Waals surface area contributed by atoms with Gasteiger partial charge in [0.1, 0.15) is 5.52 Å². The Hall–Kier alpha value is -3.43. The monoisotopic (exact) mass is 562 g/mol. The Morgan fingerprint density at radius 2 is 1.26 bits per heavy atom. The van der Waals surface area contributed by atoms with Crippen molar-refractivity contribution in [1.29, 1.82) is 0 Å². The zero-order valence-corrected chi connectivity index (χ0v) is 22.5. The molecule has 1 saturated heterocycles. The summed E-state index contributed by atoms with van der Waals surface area (Å²) < 4.78 is 51.7. The van der Waals surface area contributed by atoms with Crippen LogP contribution in [0, 0.1) is 0 Å². The minimum atomic E-state index is -3.67. The number of nitrogens with zero attached hydrogens (tertiary/aromatic N) is 5. The van der Waals surface area contributed by atoms with Crippen LogP contribution in [0.2, 0.25) is 0 Å². The number of piperazine rings is 1. The number of imidazole rings is 1. The molecule has 1 aliphatic rings. The van der Waals surface area contributed by atoms with Crippen LogP contribution in [0.1, 0.15) is 17.2 Å². The lowest BCUT2D eigenvalue weighted by atomic mass is 9.96. The highest BCUT2D eigenvalue weighted by Crippen LogP contribution is 2.30. The average Bonchev–Trinajstić information content (AvgIpc) is 3.32. The van der Waals surface area contributed by atoms with E-state index in [1.165, 1.54) is 11.1 Å². The number of benzene rings is 2. The lowest BCUT2D eigenvalue weighted by Gasteiger charge is -2.39. The maximum Gasteiger partial charge on any atom is 0.261 e. The number of fused-ring (bicyclic) bond motifs is 1. The van der Waals surface area contributed by atoms with Gasteiger partial charge in [0.25, 0.3) is 20.2 Å². The zero-order valence-electron chi connectivity index (χ0n) is 20.9. The van der Waals surface area contributed by atoms with Gasteiger partial charge in [-0.2, -0.15) is 21.8 Å². The Bertz CT molecular complexity index is 1420. The van der Waals surface area contributed by atoms with Gasteiger partial charge < -0.3 is 9.88 Å². The summed E-state index contributed by atoms with van der Waals surface area (Å²) in [6, 6.07) is 21.8. The van der Waals surface area contributed by atoms with Crippen LogP contribution >= 0.6 is 0 Å². The van der Waals surface area contributed by atoms with Crippen molar-refractivity contribution < 1.29 is 25.9 Å². The minimum Gasteiger partial charge on any atom is -0.342 e. The molecule has 14 heteroatoms. The van der Waals surface area contributed by atoms with Gasteiger partial charge in [-0.25, -0.2) is 9.97 Å². The third-order valence-corrected chi connectivity index (χ3v) is 5.36. The summed E-state index contributed by atoms with van der Waals surface area (Å²) >= 11 is 0. The van der Waals surface area contributed by atoms with Gasteiger partial charge in [-0.15, -0.1) is 0 Å². The Morgan fingerprint density at radius 3 is 1.74 bits per heavy atom. The van der Waals surface area contributed by atoms with Crippen LogP contribution in [-0.2, 0) is 20.2 Å². The second kappa shape index (κ2) is 12.9. The number of H-pyrrole nitrogens is 1. The van der Waals surface area contributed by atoms with Gasteiger partial charge in [-0.05, 0) is 11.1 Å². The summed E-state index contributed by atoms with van der Waals surface area (Å²) in [5.41, 5.74) is 4.25. The molecule has 1 fully saturated rings. The van der Waals surface area contributed by atoms with Gasteiger partial charge in [0.15, 0.2) is 5.65 Å². The molecule has 0 radical (unpaired) electrons. The predicted octanol–water partition coefficient (Wildman–Crippen LogP) is 2.27. The standard InChI is InChI=1S/C22H22N6.2CH4O3S/c1-3-7-17(8-4-1)20(18-9-5-2-6-10-18)27-11-13-28(14-12-27)22-23-15-19-21(26-22)25-16-24-19;2*1-5(2,3)4/h1-10,15-16,20H,11-14H2,(H,23,24,25,26);2*1H3,(H,2,3,4). The predicted molar refractivity (Wildman–Crippen MR) is 145 cm³/mol. The van der Waals surface area contributed by atoms with Gasteiger partial charge >= 0.3 is 0 Å².